The van der Waals surface area contributed by atoms with Crippen molar-refractivity contribution >= 4 is 11.5 Å². The van der Waals surface area contributed by atoms with E-state index in [9.17, 15) is 5.11 Å². The van der Waals surface area contributed by atoms with E-state index < -0.39 is 0 Å². The first-order valence-corrected chi connectivity index (χ1v) is 6.64. The van der Waals surface area contributed by atoms with E-state index in [-0.39, 0.29) is 24.6 Å². The number of nitrogens with zero attached hydrogens (tertiary/aromatic N) is 2. The molecule has 6 heteroatoms. The molecule has 2 unspecified atom stereocenters. The highest BCUT2D eigenvalue weighted by Gasteiger charge is 2.28. The second kappa shape index (κ2) is 6.11. The lowest BCUT2D eigenvalue weighted by Crippen LogP contribution is -2.50. The van der Waals surface area contributed by atoms with Crippen LogP contribution < -0.4 is 10.6 Å². The lowest BCUT2D eigenvalue weighted by molar-refractivity contribution is -0.0103. The normalized spacial score (nSPS) is 23.9. The Morgan fingerprint density at radius 1 is 1.55 bits per heavy atom. The molecular formula is C14H21N3O3. The first kappa shape index (κ1) is 14.6. The molecule has 1 aromatic carbocycles. The van der Waals surface area contributed by atoms with Crippen LogP contribution in [0, 0.1) is 6.92 Å². The van der Waals surface area contributed by atoms with Crippen molar-refractivity contribution in [1.82, 2.24) is 0 Å². The molecule has 0 amide bonds. The lowest BCUT2D eigenvalue weighted by atomic mass is 10.0. The van der Waals surface area contributed by atoms with Crippen LogP contribution in [-0.2, 0) is 4.74 Å². The number of oxime groups is 1. The van der Waals surface area contributed by atoms with Crippen molar-refractivity contribution in [3.05, 3.63) is 29.3 Å². The molecule has 4 N–H and O–H groups in total. The quantitative estimate of drug-likeness (QED) is 0.327. The van der Waals surface area contributed by atoms with Crippen LogP contribution in [0.3, 0.4) is 0 Å². The Labute approximate surface area is 118 Å². The second-order valence-electron chi connectivity index (χ2n) is 5.15. The molecular weight excluding hydrogens is 258 g/mol. The van der Waals surface area contributed by atoms with E-state index in [0.29, 0.717) is 18.7 Å². The van der Waals surface area contributed by atoms with E-state index in [1.54, 1.807) is 0 Å². The summed E-state index contributed by atoms with van der Waals surface area (Å²) in [6.07, 6.45) is -0.216. The molecule has 0 aliphatic carbocycles. The number of amidine groups is 1. The number of benzene rings is 1. The van der Waals surface area contributed by atoms with Crippen LogP contribution in [0.25, 0.3) is 0 Å². The molecule has 1 heterocycles. The van der Waals surface area contributed by atoms with Gasteiger partial charge in [-0.05, 0) is 31.5 Å². The Hall–Kier alpha value is -1.79. The summed E-state index contributed by atoms with van der Waals surface area (Å²) < 4.78 is 5.55. The molecule has 1 aliphatic rings. The number of nitrogens with two attached hydrogens (primary N) is 1. The third-order valence-electron chi connectivity index (χ3n) is 3.56. The minimum Gasteiger partial charge on any atom is -0.409 e. The van der Waals surface area contributed by atoms with Gasteiger partial charge in [-0.25, -0.2) is 0 Å². The number of rotatable bonds is 3. The molecule has 20 heavy (non-hydrogen) atoms. The molecule has 1 aliphatic heterocycles. The summed E-state index contributed by atoms with van der Waals surface area (Å²) in [4.78, 5) is 2.13. The molecule has 0 saturated carbocycles. The van der Waals surface area contributed by atoms with Crippen molar-refractivity contribution in [3.63, 3.8) is 0 Å². The first-order chi connectivity index (χ1) is 9.56. The van der Waals surface area contributed by atoms with Gasteiger partial charge in [-0.3, -0.25) is 0 Å². The van der Waals surface area contributed by atoms with Crippen LogP contribution in [0.2, 0.25) is 0 Å². The van der Waals surface area contributed by atoms with Gasteiger partial charge in [0.2, 0.25) is 0 Å². The van der Waals surface area contributed by atoms with Gasteiger partial charge >= 0.3 is 0 Å². The van der Waals surface area contributed by atoms with Crippen molar-refractivity contribution < 1.29 is 15.1 Å². The van der Waals surface area contributed by atoms with Crippen molar-refractivity contribution in [2.24, 2.45) is 10.9 Å². The number of ether oxygens (including phenoxy) is 1. The average Bonchev–Trinajstić information content (AvgIpc) is 2.47. The molecule has 0 bridgehead atoms. The number of hydrogen-bond acceptors (Lipinski definition) is 5. The fourth-order valence-corrected chi connectivity index (χ4v) is 2.41. The third kappa shape index (κ3) is 2.86. The van der Waals surface area contributed by atoms with Gasteiger partial charge in [0.1, 0.15) is 0 Å². The summed E-state index contributed by atoms with van der Waals surface area (Å²) in [6.45, 7) is 5.13. The molecule has 1 aromatic rings. The summed E-state index contributed by atoms with van der Waals surface area (Å²) in [5.74, 6) is 0.0826. The Bertz CT molecular complexity index is 504. The number of morpholine rings is 1. The number of hydrogen-bond donors (Lipinski definition) is 3. The largest absolute Gasteiger partial charge is 0.409 e. The van der Waals surface area contributed by atoms with Gasteiger partial charge in [-0.2, -0.15) is 0 Å². The second-order valence-corrected chi connectivity index (χ2v) is 5.15. The lowest BCUT2D eigenvalue weighted by Gasteiger charge is -2.40. The van der Waals surface area contributed by atoms with Gasteiger partial charge in [0.15, 0.2) is 5.84 Å². The van der Waals surface area contributed by atoms with Crippen molar-refractivity contribution in [2.45, 2.75) is 26.0 Å². The minimum absolute atomic E-state index is 0.0199. The SMILES string of the molecule is Cc1ccc(/C(N)=N/O)c(N2CC(CO)OCC2C)c1. The Morgan fingerprint density at radius 2 is 2.30 bits per heavy atom. The predicted molar refractivity (Wildman–Crippen MR) is 77.3 cm³/mol. The van der Waals surface area contributed by atoms with Gasteiger partial charge < -0.3 is 25.7 Å². The predicted octanol–water partition coefficient (Wildman–Crippen LogP) is 0.676. The smallest absolute Gasteiger partial charge is 0.172 e. The Balaban J connectivity index is 2.41. The highest BCUT2D eigenvalue weighted by atomic mass is 16.5. The summed E-state index contributed by atoms with van der Waals surface area (Å²) in [6, 6.07) is 5.93. The molecule has 2 atom stereocenters. The maximum atomic E-state index is 9.28. The third-order valence-corrected chi connectivity index (χ3v) is 3.56. The van der Waals surface area contributed by atoms with Crippen LogP contribution in [-0.4, -0.2) is 48.1 Å². The van der Waals surface area contributed by atoms with Gasteiger partial charge in [-0.1, -0.05) is 11.2 Å². The van der Waals surface area contributed by atoms with E-state index in [4.69, 9.17) is 15.7 Å². The summed E-state index contributed by atoms with van der Waals surface area (Å²) >= 11 is 0. The fraction of sp³-hybridized carbons (Fsp3) is 0.500. The van der Waals surface area contributed by atoms with E-state index in [1.165, 1.54) is 0 Å². The van der Waals surface area contributed by atoms with E-state index in [2.05, 4.69) is 10.1 Å². The van der Waals surface area contributed by atoms with Crippen LogP contribution in [0.4, 0.5) is 5.69 Å². The molecule has 1 saturated heterocycles. The zero-order chi connectivity index (χ0) is 14.7. The monoisotopic (exact) mass is 279 g/mol. The molecule has 0 aromatic heterocycles. The zero-order valence-corrected chi connectivity index (χ0v) is 11.8. The molecule has 0 spiro atoms. The first-order valence-electron chi connectivity index (χ1n) is 6.64. The average molecular weight is 279 g/mol. The van der Waals surface area contributed by atoms with E-state index >= 15 is 0 Å². The van der Waals surface area contributed by atoms with Gasteiger partial charge in [0.05, 0.1) is 19.3 Å². The number of anilines is 1. The van der Waals surface area contributed by atoms with E-state index in [0.717, 1.165) is 11.3 Å². The number of aliphatic hydroxyl groups is 1. The Morgan fingerprint density at radius 3 is 2.95 bits per heavy atom. The maximum Gasteiger partial charge on any atom is 0.172 e. The topological polar surface area (TPSA) is 91.3 Å². The minimum atomic E-state index is -0.216. The Kier molecular flexibility index (Phi) is 4.46. The standard InChI is InChI=1S/C14H21N3O3/c1-9-3-4-12(14(15)16-19)13(5-9)17-6-11(7-18)20-8-10(17)2/h3-5,10-11,18-19H,6-8H2,1-2H3,(H2,15,16). The fourth-order valence-electron chi connectivity index (χ4n) is 2.41. The molecule has 1 fully saturated rings. The molecule has 0 radical (unpaired) electrons. The summed E-state index contributed by atoms with van der Waals surface area (Å²) in [5.41, 5.74) is 8.43. The van der Waals surface area contributed by atoms with Crippen LogP contribution >= 0.6 is 0 Å². The molecule has 2 rings (SSSR count). The molecule has 110 valence electrons. The summed E-state index contributed by atoms with van der Waals surface area (Å²) in [5, 5.41) is 21.3. The highest BCUT2D eigenvalue weighted by Crippen LogP contribution is 2.27. The van der Waals surface area contributed by atoms with Crippen molar-refractivity contribution in [1.29, 1.82) is 0 Å². The van der Waals surface area contributed by atoms with Gasteiger partial charge in [-0.15, -0.1) is 0 Å². The van der Waals surface area contributed by atoms with Crippen LogP contribution in [0.15, 0.2) is 23.4 Å². The number of aliphatic hydroxyl groups excluding tert-OH is 1. The van der Waals surface area contributed by atoms with Crippen molar-refractivity contribution in [2.75, 3.05) is 24.7 Å². The van der Waals surface area contributed by atoms with E-state index in [1.807, 2.05) is 32.0 Å². The maximum absolute atomic E-state index is 9.28. The van der Waals surface area contributed by atoms with Gasteiger partial charge in [0, 0.05) is 23.8 Å². The van der Waals surface area contributed by atoms with Crippen LogP contribution in [0.1, 0.15) is 18.1 Å². The molecule has 6 nitrogen and oxygen atoms in total. The summed E-state index contributed by atoms with van der Waals surface area (Å²) in [7, 11) is 0. The number of aryl methyl sites for hydroxylation is 1. The van der Waals surface area contributed by atoms with Gasteiger partial charge in [0.25, 0.3) is 0 Å². The van der Waals surface area contributed by atoms with Crippen LogP contribution in [0.5, 0.6) is 0 Å². The highest BCUT2D eigenvalue weighted by molar-refractivity contribution is 6.02. The van der Waals surface area contributed by atoms with Crippen molar-refractivity contribution in [3.8, 4) is 0 Å². The zero-order valence-electron chi connectivity index (χ0n) is 11.8.